The average Bonchev–Trinajstić information content (AvgIpc) is 2.18. The molecule has 0 radical (unpaired) electrons. The van der Waals surface area contributed by atoms with Crippen molar-refractivity contribution in [1.29, 1.82) is 0 Å². The molecule has 2 N–H and O–H groups in total. The van der Waals surface area contributed by atoms with Gasteiger partial charge < -0.3 is 5.73 Å². The number of nitrogens with two attached hydrogens (primary N) is 1. The number of hydrogen-bond acceptors (Lipinski definition) is 3. The van der Waals surface area contributed by atoms with Gasteiger partial charge in [-0.2, -0.15) is 0 Å². The summed E-state index contributed by atoms with van der Waals surface area (Å²) in [5.74, 6) is 0.473. The number of carbonyl (C=O) groups is 2. The van der Waals surface area contributed by atoms with Crippen LogP contribution in [0.2, 0.25) is 0 Å². The number of carbonyl (C=O) groups excluding carboxylic acids is 2. The van der Waals surface area contributed by atoms with Crippen molar-refractivity contribution in [2.75, 3.05) is 13.1 Å². The lowest BCUT2D eigenvalue weighted by atomic mass is 9.80. The highest BCUT2D eigenvalue weighted by Crippen LogP contribution is 2.28. The monoisotopic (exact) mass is 214 g/mol. The maximum absolute atomic E-state index is 10.4. The summed E-state index contributed by atoms with van der Waals surface area (Å²) in [6, 6.07) is 0. The summed E-state index contributed by atoms with van der Waals surface area (Å²) in [5.41, 5.74) is 5.68. The van der Waals surface area contributed by atoms with Crippen LogP contribution in [0.15, 0.2) is 0 Å². The third kappa shape index (κ3) is 6.23. The van der Waals surface area contributed by atoms with Gasteiger partial charge in [0.15, 0.2) is 0 Å². The van der Waals surface area contributed by atoms with Crippen molar-refractivity contribution in [1.82, 2.24) is 4.90 Å². The first kappa shape index (κ1) is 14.1. The van der Waals surface area contributed by atoms with Gasteiger partial charge >= 0.3 is 0 Å². The van der Waals surface area contributed by atoms with Crippen molar-refractivity contribution in [3.8, 4) is 0 Å². The van der Waals surface area contributed by atoms with Crippen LogP contribution in [-0.4, -0.2) is 30.8 Å². The van der Waals surface area contributed by atoms with E-state index in [9.17, 15) is 9.59 Å². The van der Waals surface area contributed by atoms with E-state index in [1.807, 2.05) is 0 Å². The highest BCUT2D eigenvalue weighted by Gasteiger charge is 2.21. The zero-order chi connectivity index (χ0) is 11.9. The van der Waals surface area contributed by atoms with Crippen molar-refractivity contribution in [3.63, 3.8) is 0 Å². The molecule has 1 unspecified atom stereocenters. The number of nitrogens with zero attached hydrogens (tertiary/aromatic N) is 1. The van der Waals surface area contributed by atoms with Crippen LogP contribution in [0.1, 0.15) is 33.6 Å². The van der Waals surface area contributed by atoms with E-state index in [1.54, 1.807) is 0 Å². The second kappa shape index (κ2) is 6.56. The van der Waals surface area contributed by atoms with Crippen molar-refractivity contribution < 1.29 is 9.59 Å². The standard InChI is InChI=1S/C11H22N2O2/c1-10(7-12)6-11(2,3)4-5-13(8-14)9-15/h8-10H,4-7,12H2,1-3H3. The molecule has 0 aliphatic carbocycles. The largest absolute Gasteiger partial charge is 0.330 e. The van der Waals surface area contributed by atoms with E-state index < -0.39 is 0 Å². The van der Waals surface area contributed by atoms with E-state index in [-0.39, 0.29) is 5.41 Å². The molecule has 0 aromatic heterocycles. The molecule has 0 fully saturated rings. The van der Waals surface area contributed by atoms with Crippen LogP contribution in [0.4, 0.5) is 0 Å². The van der Waals surface area contributed by atoms with E-state index in [0.717, 1.165) is 17.7 Å². The number of rotatable bonds is 8. The van der Waals surface area contributed by atoms with Gasteiger partial charge in [-0.25, -0.2) is 0 Å². The van der Waals surface area contributed by atoms with Crippen LogP contribution in [-0.2, 0) is 9.59 Å². The number of amides is 2. The topological polar surface area (TPSA) is 63.4 Å². The molecule has 0 aliphatic heterocycles. The first-order chi connectivity index (χ1) is 6.95. The summed E-state index contributed by atoms with van der Waals surface area (Å²) in [5, 5.41) is 0. The molecule has 88 valence electrons. The molecule has 15 heavy (non-hydrogen) atoms. The molecule has 0 saturated carbocycles. The first-order valence-electron chi connectivity index (χ1n) is 5.31. The van der Waals surface area contributed by atoms with Crippen LogP contribution in [0.5, 0.6) is 0 Å². The predicted molar refractivity (Wildman–Crippen MR) is 60.1 cm³/mol. The molecule has 4 heteroatoms. The van der Waals surface area contributed by atoms with E-state index in [4.69, 9.17) is 5.73 Å². The molecular weight excluding hydrogens is 192 g/mol. The Kier molecular flexibility index (Phi) is 6.17. The Bertz CT molecular complexity index is 197. The summed E-state index contributed by atoms with van der Waals surface area (Å²) in [4.78, 5) is 21.9. The van der Waals surface area contributed by atoms with Crippen molar-refractivity contribution in [2.24, 2.45) is 17.1 Å². The molecule has 1 atom stereocenters. The van der Waals surface area contributed by atoms with Crippen LogP contribution in [0.3, 0.4) is 0 Å². The van der Waals surface area contributed by atoms with Gasteiger partial charge in [-0.3, -0.25) is 14.5 Å². The smallest absolute Gasteiger partial charge is 0.216 e. The summed E-state index contributed by atoms with van der Waals surface area (Å²) in [7, 11) is 0. The van der Waals surface area contributed by atoms with E-state index in [2.05, 4.69) is 20.8 Å². The van der Waals surface area contributed by atoms with Gasteiger partial charge in [0.05, 0.1) is 0 Å². The number of hydrogen-bond donors (Lipinski definition) is 1. The second-order valence-corrected chi connectivity index (χ2v) is 4.91. The minimum Gasteiger partial charge on any atom is -0.330 e. The Labute approximate surface area is 91.8 Å². The minimum atomic E-state index is 0.114. The summed E-state index contributed by atoms with van der Waals surface area (Å²) in [6.45, 7) is 7.53. The maximum atomic E-state index is 10.4. The molecule has 0 bridgehead atoms. The molecule has 0 saturated heterocycles. The summed E-state index contributed by atoms with van der Waals surface area (Å²) in [6.07, 6.45) is 2.95. The van der Waals surface area contributed by atoms with Crippen LogP contribution in [0, 0.1) is 11.3 Å². The molecule has 4 nitrogen and oxygen atoms in total. The normalized spacial score (nSPS) is 13.3. The van der Waals surface area contributed by atoms with Crippen molar-refractivity contribution >= 4 is 12.8 Å². The molecule has 0 heterocycles. The molecule has 0 aromatic carbocycles. The highest BCUT2D eigenvalue weighted by atomic mass is 16.2. The SMILES string of the molecule is CC(CN)CC(C)(C)CCN(C=O)C=O. The average molecular weight is 214 g/mol. The van der Waals surface area contributed by atoms with E-state index in [0.29, 0.717) is 31.8 Å². The van der Waals surface area contributed by atoms with Crippen LogP contribution < -0.4 is 5.73 Å². The van der Waals surface area contributed by atoms with Gasteiger partial charge in [0.2, 0.25) is 12.8 Å². The minimum absolute atomic E-state index is 0.114. The van der Waals surface area contributed by atoms with E-state index in [1.165, 1.54) is 0 Å². The lowest BCUT2D eigenvalue weighted by Crippen LogP contribution is -2.28. The molecule has 2 amide bonds. The van der Waals surface area contributed by atoms with Gasteiger partial charge in [-0.15, -0.1) is 0 Å². The van der Waals surface area contributed by atoms with Crippen molar-refractivity contribution in [3.05, 3.63) is 0 Å². The fourth-order valence-electron chi connectivity index (χ4n) is 1.69. The molecule has 0 rings (SSSR count). The fourth-order valence-corrected chi connectivity index (χ4v) is 1.69. The maximum Gasteiger partial charge on any atom is 0.216 e. The second-order valence-electron chi connectivity index (χ2n) is 4.91. The Hall–Kier alpha value is -0.900. The predicted octanol–water partition coefficient (Wildman–Crippen LogP) is 1.00. The third-order valence-electron chi connectivity index (χ3n) is 2.62. The molecule has 0 aliphatic rings. The zero-order valence-electron chi connectivity index (χ0n) is 9.90. The van der Waals surface area contributed by atoms with Gasteiger partial charge in [-0.1, -0.05) is 20.8 Å². The highest BCUT2D eigenvalue weighted by molar-refractivity contribution is 5.68. The fraction of sp³-hybridized carbons (Fsp3) is 0.818. The zero-order valence-corrected chi connectivity index (χ0v) is 9.90. The van der Waals surface area contributed by atoms with Gasteiger partial charge in [-0.05, 0) is 30.7 Å². The molecular formula is C11H22N2O2. The Morgan fingerprint density at radius 3 is 2.27 bits per heavy atom. The first-order valence-corrected chi connectivity index (χ1v) is 5.31. The van der Waals surface area contributed by atoms with Crippen molar-refractivity contribution in [2.45, 2.75) is 33.6 Å². The van der Waals surface area contributed by atoms with Crippen LogP contribution >= 0.6 is 0 Å². The molecule has 0 aromatic rings. The Morgan fingerprint density at radius 1 is 1.33 bits per heavy atom. The van der Waals surface area contributed by atoms with Gasteiger partial charge in [0.25, 0.3) is 0 Å². The Morgan fingerprint density at radius 2 is 1.87 bits per heavy atom. The summed E-state index contributed by atoms with van der Waals surface area (Å²) < 4.78 is 0. The van der Waals surface area contributed by atoms with Gasteiger partial charge in [0, 0.05) is 6.54 Å². The lowest BCUT2D eigenvalue weighted by molar-refractivity contribution is -0.129. The number of imide groups is 1. The van der Waals surface area contributed by atoms with E-state index >= 15 is 0 Å². The third-order valence-corrected chi connectivity index (χ3v) is 2.62. The lowest BCUT2D eigenvalue weighted by Gasteiger charge is -2.28. The Balaban J connectivity index is 4.01. The van der Waals surface area contributed by atoms with Crippen LogP contribution in [0.25, 0.3) is 0 Å². The summed E-state index contributed by atoms with van der Waals surface area (Å²) >= 11 is 0. The molecule has 0 spiro atoms. The quantitative estimate of drug-likeness (QED) is 0.613. The van der Waals surface area contributed by atoms with Gasteiger partial charge in [0.1, 0.15) is 0 Å².